The molecule has 126 valence electrons. The molecule has 0 spiro atoms. The largest absolute Gasteiger partial charge is 0.370 e. The van der Waals surface area contributed by atoms with Crippen LogP contribution in [0.15, 0.2) is 29.3 Å². The van der Waals surface area contributed by atoms with Crippen LogP contribution in [-0.2, 0) is 6.54 Å². The molecule has 1 atom stereocenters. The molecule has 2 rings (SSSR count). The van der Waals surface area contributed by atoms with E-state index in [-0.39, 0.29) is 24.0 Å². The number of aliphatic imine (C=N–C) groups is 1. The van der Waals surface area contributed by atoms with Crippen molar-refractivity contribution < 1.29 is 0 Å². The molecule has 1 aromatic carbocycles. The smallest absolute Gasteiger partial charge is 0.193 e. The minimum Gasteiger partial charge on any atom is -0.370 e. The quantitative estimate of drug-likeness (QED) is 0.395. The highest BCUT2D eigenvalue weighted by molar-refractivity contribution is 14.0. The number of aryl methyl sites for hydroxylation is 2. The van der Waals surface area contributed by atoms with Gasteiger partial charge in [0.1, 0.15) is 0 Å². The molecule has 0 saturated heterocycles. The molecule has 0 aliphatic carbocycles. The molecule has 0 bridgehead atoms. The molecule has 1 heterocycles. The van der Waals surface area contributed by atoms with Crippen molar-refractivity contribution in [2.75, 3.05) is 5.32 Å². The zero-order chi connectivity index (χ0) is 16.1. The van der Waals surface area contributed by atoms with E-state index in [0.717, 1.165) is 27.7 Å². The monoisotopic (exact) mass is 444 g/mol. The molecule has 23 heavy (non-hydrogen) atoms. The first-order chi connectivity index (χ1) is 10.5. The van der Waals surface area contributed by atoms with Gasteiger partial charge in [-0.25, -0.2) is 9.98 Å². The van der Waals surface area contributed by atoms with Gasteiger partial charge in [-0.3, -0.25) is 0 Å². The van der Waals surface area contributed by atoms with Crippen LogP contribution in [0.5, 0.6) is 0 Å². The predicted octanol–water partition coefficient (Wildman–Crippen LogP) is 4.82. The van der Waals surface area contributed by atoms with E-state index < -0.39 is 0 Å². The maximum absolute atomic E-state index is 5.96. The number of nitrogens with two attached hydrogens (primary N) is 1. The molecular weight excluding hydrogens is 419 g/mol. The molecule has 0 saturated carbocycles. The Morgan fingerprint density at radius 2 is 1.96 bits per heavy atom. The molecule has 0 amide bonds. The highest BCUT2D eigenvalue weighted by Gasteiger charge is 2.05. The second-order valence-electron chi connectivity index (χ2n) is 5.50. The number of hydrogen-bond donors (Lipinski definition) is 2. The fourth-order valence-corrected chi connectivity index (χ4v) is 3.06. The summed E-state index contributed by atoms with van der Waals surface area (Å²) in [4.78, 5) is 9.95. The average Bonchev–Trinajstić information content (AvgIpc) is 2.83. The number of halogens is 1. The van der Waals surface area contributed by atoms with E-state index in [1.165, 1.54) is 5.56 Å². The van der Waals surface area contributed by atoms with Crippen LogP contribution in [0.1, 0.15) is 47.3 Å². The van der Waals surface area contributed by atoms with Crippen LogP contribution < -0.4 is 11.1 Å². The Hall–Kier alpha value is -1.15. The Labute approximate surface area is 159 Å². The Bertz CT molecular complexity index is 649. The number of nitrogens with one attached hydrogen (secondary N) is 1. The van der Waals surface area contributed by atoms with Gasteiger partial charge in [0.25, 0.3) is 0 Å². The lowest BCUT2D eigenvalue weighted by Crippen LogP contribution is -2.22. The van der Waals surface area contributed by atoms with E-state index >= 15 is 0 Å². The van der Waals surface area contributed by atoms with Gasteiger partial charge < -0.3 is 11.1 Å². The molecule has 1 aromatic heterocycles. The van der Waals surface area contributed by atoms with Gasteiger partial charge in [0, 0.05) is 10.6 Å². The zero-order valence-corrected chi connectivity index (χ0v) is 17.2. The number of rotatable bonds is 5. The van der Waals surface area contributed by atoms with Gasteiger partial charge in [-0.1, -0.05) is 26.0 Å². The lowest BCUT2D eigenvalue weighted by atomic mass is 9.99. The number of hydrogen-bond acceptors (Lipinski definition) is 3. The van der Waals surface area contributed by atoms with Crippen LogP contribution in [0.25, 0.3) is 0 Å². The molecule has 0 radical (unpaired) electrons. The highest BCUT2D eigenvalue weighted by Crippen LogP contribution is 2.21. The van der Waals surface area contributed by atoms with Gasteiger partial charge in [0.2, 0.25) is 0 Å². The molecule has 6 heteroatoms. The minimum absolute atomic E-state index is 0. The van der Waals surface area contributed by atoms with E-state index in [2.05, 4.69) is 41.3 Å². The van der Waals surface area contributed by atoms with Crippen LogP contribution in [-0.4, -0.2) is 10.9 Å². The Balaban J connectivity index is 0.00000264. The van der Waals surface area contributed by atoms with Crippen LogP contribution in [0.2, 0.25) is 0 Å². The van der Waals surface area contributed by atoms with E-state index in [1.807, 2.05) is 26.0 Å². The summed E-state index contributed by atoms with van der Waals surface area (Å²) in [5.41, 5.74) is 9.31. The predicted molar refractivity (Wildman–Crippen MR) is 111 cm³/mol. The van der Waals surface area contributed by atoms with Crippen molar-refractivity contribution >= 4 is 47.0 Å². The highest BCUT2D eigenvalue weighted by atomic mass is 127. The maximum Gasteiger partial charge on any atom is 0.193 e. The summed E-state index contributed by atoms with van der Waals surface area (Å²) < 4.78 is 0. The first-order valence-corrected chi connectivity index (χ1v) is 8.41. The number of thiazole rings is 1. The maximum atomic E-state index is 5.96. The Morgan fingerprint density at radius 3 is 2.48 bits per heavy atom. The Morgan fingerprint density at radius 1 is 1.30 bits per heavy atom. The first kappa shape index (κ1) is 19.9. The Kier molecular flexibility index (Phi) is 7.98. The third-order valence-corrected chi connectivity index (χ3v) is 4.81. The van der Waals surface area contributed by atoms with Crippen molar-refractivity contribution in [1.29, 1.82) is 0 Å². The van der Waals surface area contributed by atoms with Gasteiger partial charge in [-0.2, -0.15) is 0 Å². The van der Waals surface area contributed by atoms with Crippen LogP contribution in [0, 0.1) is 13.8 Å². The summed E-state index contributed by atoms with van der Waals surface area (Å²) in [7, 11) is 0. The van der Waals surface area contributed by atoms with Crippen LogP contribution in [0.4, 0.5) is 5.69 Å². The third kappa shape index (κ3) is 5.76. The van der Waals surface area contributed by atoms with Gasteiger partial charge in [0.05, 0.1) is 17.2 Å². The molecule has 0 aliphatic rings. The minimum atomic E-state index is 0. The molecule has 2 aromatic rings. The van der Waals surface area contributed by atoms with E-state index in [0.29, 0.717) is 18.4 Å². The van der Waals surface area contributed by atoms with E-state index in [9.17, 15) is 0 Å². The molecule has 3 N–H and O–H groups in total. The second kappa shape index (κ2) is 9.22. The molecule has 0 aliphatic heterocycles. The van der Waals surface area contributed by atoms with Crippen molar-refractivity contribution in [1.82, 2.24) is 4.98 Å². The SMILES string of the molecule is CCC(C)c1ccc(NC(N)=NCc2sc(C)nc2C)cc1.I. The fraction of sp³-hybridized carbons (Fsp3) is 0.412. The van der Waals surface area contributed by atoms with Crippen LogP contribution in [0.3, 0.4) is 0 Å². The van der Waals surface area contributed by atoms with Crippen molar-refractivity contribution in [3.05, 3.63) is 45.4 Å². The van der Waals surface area contributed by atoms with Gasteiger partial charge in [-0.05, 0) is 43.9 Å². The number of guanidine groups is 1. The number of nitrogens with zero attached hydrogens (tertiary/aromatic N) is 2. The average molecular weight is 444 g/mol. The normalized spacial score (nSPS) is 12.6. The number of benzene rings is 1. The zero-order valence-electron chi connectivity index (χ0n) is 14.1. The van der Waals surface area contributed by atoms with Crippen molar-refractivity contribution in [3.63, 3.8) is 0 Å². The molecule has 4 nitrogen and oxygen atoms in total. The van der Waals surface area contributed by atoms with Crippen LogP contribution >= 0.6 is 35.3 Å². The van der Waals surface area contributed by atoms with E-state index in [1.54, 1.807) is 11.3 Å². The fourth-order valence-electron chi connectivity index (χ4n) is 2.20. The van der Waals surface area contributed by atoms with Crippen molar-refractivity contribution in [2.45, 2.75) is 46.6 Å². The number of aromatic nitrogens is 1. The van der Waals surface area contributed by atoms with E-state index in [4.69, 9.17) is 5.73 Å². The lowest BCUT2D eigenvalue weighted by molar-refractivity contribution is 0.734. The third-order valence-electron chi connectivity index (χ3n) is 3.76. The summed E-state index contributed by atoms with van der Waals surface area (Å²) in [6.45, 7) is 9.01. The summed E-state index contributed by atoms with van der Waals surface area (Å²) in [6, 6.07) is 8.37. The second-order valence-corrected chi connectivity index (χ2v) is 6.79. The summed E-state index contributed by atoms with van der Waals surface area (Å²) in [6.07, 6.45) is 1.14. The lowest BCUT2D eigenvalue weighted by Gasteiger charge is -2.10. The molecular formula is C17H25IN4S. The summed E-state index contributed by atoms with van der Waals surface area (Å²) in [5.74, 6) is 1.01. The number of anilines is 1. The standard InChI is InChI=1S/C17H24N4S.HI/c1-5-11(2)14-6-8-15(9-7-14)21-17(18)19-10-16-12(3)20-13(4)22-16;/h6-9,11H,5,10H2,1-4H3,(H3,18,19,21);1H. The molecule has 1 unspecified atom stereocenters. The van der Waals surface area contributed by atoms with Gasteiger partial charge >= 0.3 is 0 Å². The van der Waals surface area contributed by atoms with Gasteiger partial charge in [0.15, 0.2) is 5.96 Å². The first-order valence-electron chi connectivity index (χ1n) is 7.59. The molecule has 0 fully saturated rings. The topological polar surface area (TPSA) is 63.3 Å². The summed E-state index contributed by atoms with van der Waals surface area (Å²) >= 11 is 1.67. The summed E-state index contributed by atoms with van der Waals surface area (Å²) in [5, 5.41) is 4.20. The van der Waals surface area contributed by atoms with Crippen molar-refractivity contribution in [3.8, 4) is 0 Å². The van der Waals surface area contributed by atoms with Crippen molar-refractivity contribution in [2.24, 2.45) is 10.7 Å². The van der Waals surface area contributed by atoms with Gasteiger partial charge in [-0.15, -0.1) is 35.3 Å².